The minimum absolute atomic E-state index is 0.610. The first-order valence-corrected chi connectivity index (χ1v) is 6.48. The van der Waals surface area contributed by atoms with Crippen LogP contribution in [-0.2, 0) is 0 Å². The van der Waals surface area contributed by atoms with Gasteiger partial charge in [0.05, 0.1) is 12.4 Å². The molecular weight excluding hydrogens is 267 g/mol. The third kappa shape index (κ3) is 4.27. The molecule has 6 nitrogen and oxygen atoms in total. The summed E-state index contributed by atoms with van der Waals surface area (Å²) >= 11 is 0. The highest BCUT2D eigenvalue weighted by Crippen LogP contribution is 2.15. The second-order valence-electron chi connectivity index (χ2n) is 4.82. The van der Waals surface area contributed by atoms with Crippen molar-refractivity contribution in [1.29, 1.82) is 0 Å². The average Bonchev–Trinajstić information content (AvgIpc) is 2.48. The van der Waals surface area contributed by atoms with E-state index in [2.05, 4.69) is 9.97 Å². The fourth-order valence-corrected chi connectivity index (χ4v) is 1.55. The number of hydrogen-bond acceptors (Lipinski definition) is 6. The minimum atomic E-state index is 0.610. The van der Waals surface area contributed by atoms with Crippen molar-refractivity contribution in [3.05, 3.63) is 36.7 Å². The molecule has 0 amide bonds. The molecule has 2 aromatic heterocycles. The van der Waals surface area contributed by atoms with E-state index in [9.17, 15) is 0 Å². The van der Waals surface area contributed by atoms with E-state index in [4.69, 9.17) is 9.31 Å². The van der Waals surface area contributed by atoms with Crippen molar-refractivity contribution < 1.29 is 9.31 Å². The minimum Gasteiger partial charge on any atom is -0.525 e. The lowest BCUT2D eigenvalue weighted by molar-refractivity contribution is 0.456. The molecule has 2 heterocycles. The first-order chi connectivity index (χ1) is 10.1. The summed E-state index contributed by atoms with van der Waals surface area (Å²) in [5, 5.41) is 0. The Balaban J connectivity index is 1.83. The Morgan fingerprint density at radius 1 is 0.762 bits per heavy atom. The molecule has 109 valence electrons. The quantitative estimate of drug-likeness (QED) is 0.751. The lowest BCUT2D eigenvalue weighted by Crippen LogP contribution is -2.13. The fourth-order valence-electron chi connectivity index (χ4n) is 1.55. The highest BCUT2D eigenvalue weighted by atomic mass is 16.6. The summed E-state index contributed by atoms with van der Waals surface area (Å²) in [6, 6.07) is 7.40. The first kappa shape index (κ1) is 15.0. The normalized spacial score (nSPS) is 9.90. The Morgan fingerprint density at radius 3 is 1.48 bits per heavy atom. The van der Waals surface area contributed by atoms with Gasteiger partial charge in [0.25, 0.3) is 0 Å². The van der Waals surface area contributed by atoms with Gasteiger partial charge in [-0.25, -0.2) is 9.97 Å². The predicted molar refractivity (Wildman–Crippen MR) is 84.1 cm³/mol. The van der Waals surface area contributed by atoms with Crippen LogP contribution in [0.4, 0.5) is 11.6 Å². The predicted octanol–water partition coefficient (Wildman–Crippen LogP) is 1.60. The van der Waals surface area contributed by atoms with E-state index in [1.807, 2.05) is 62.3 Å². The molecular formula is C14H18BN4O2. The van der Waals surface area contributed by atoms with Crippen molar-refractivity contribution in [3.63, 3.8) is 0 Å². The second-order valence-corrected chi connectivity index (χ2v) is 4.82. The number of rotatable bonds is 6. The standard InChI is InChI=1S/C14H18BN4O2/c1-18(2)13-7-5-11(9-16-13)20-15-21-12-6-8-14(17-10-12)19(3)4/h5-10H,1-4H3. The molecule has 7 heteroatoms. The van der Waals surface area contributed by atoms with Crippen LogP contribution in [0.15, 0.2) is 36.7 Å². The van der Waals surface area contributed by atoms with Gasteiger partial charge in [0.15, 0.2) is 0 Å². The van der Waals surface area contributed by atoms with Crippen LogP contribution in [0, 0.1) is 0 Å². The van der Waals surface area contributed by atoms with Crippen molar-refractivity contribution in [2.45, 2.75) is 0 Å². The topological polar surface area (TPSA) is 50.7 Å². The van der Waals surface area contributed by atoms with Crippen molar-refractivity contribution in [2.24, 2.45) is 0 Å². The maximum atomic E-state index is 5.36. The van der Waals surface area contributed by atoms with Gasteiger partial charge in [-0.05, 0) is 24.3 Å². The molecule has 0 saturated heterocycles. The third-order valence-corrected chi connectivity index (χ3v) is 2.73. The van der Waals surface area contributed by atoms with Crippen LogP contribution in [0.2, 0.25) is 0 Å². The summed E-state index contributed by atoms with van der Waals surface area (Å²) in [5.41, 5.74) is 0. The van der Waals surface area contributed by atoms with Crippen LogP contribution in [0.3, 0.4) is 0 Å². The Hall–Kier alpha value is -2.44. The molecule has 0 saturated carbocycles. The molecule has 2 aromatic rings. The van der Waals surface area contributed by atoms with Crippen LogP contribution in [0.25, 0.3) is 0 Å². The van der Waals surface area contributed by atoms with Gasteiger partial charge in [-0.2, -0.15) is 0 Å². The van der Waals surface area contributed by atoms with E-state index in [0.717, 1.165) is 11.6 Å². The van der Waals surface area contributed by atoms with Gasteiger partial charge in [0, 0.05) is 28.2 Å². The average molecular weight is 285 g/mol. The summed E-state index contributed by atoms with van der Waals surface area (Å²) < 4.78 is 10.7. The lowest BCUT2D eigenvalue weighted by atomic mass is 10.3. The summed E-state index contributed by atoms with van der Waals surface area (Å²) in [7, 11) is 8.99. The molecule has 0 N–H and O–H groups in total. The molecule has 0 aliphatic carbocycles. The fraction of sp³-hybridized carbons (Fsp3) is 0.286. The Morgan fingerprint density at radius 2 is 1.19 bits per heavy atom. The second kappa shape index (κ2) is 6.83. The van der Waals surface area contributed by atoms with E-state index < -0.39 is 0 Å². The van der Waals surface area contributed by atoms with Crippen molar-refractivity contribution in [3.8, 4) is 11.5 Å². The molecule has 1 radical (unpaired) electrons. The number of pyridine rings is 2. The zero-order valence-electron chi connectivity index (χ0n) is 12.6. The Labute approximate surface area is 125 Å². The summed E-state index contributed by atoms with van der Waals surface area (Å²) in [4.78, 5) is 12.3. The molecule has 0 aromatic carbocycles. The zero-order chi connectivity index (χ0) is 15.2. The smallest absolute Gasteiger partial charge is 0.525 e. The van der Waals surface area contributed by atoms with Crippen molar-refractivity contribution in [1.82, 2.24) is 9.97 Å². The van der Waals surface area contributed by atoms with Gasteiger partial charge in [0.2, 0.25) is 0 Å². The van der Waals surface area contributed by atoms with Crippen LogP contribution >= 0.6 is 0 Å². The molecule has 0 bridgehead atoms. The van der Waals surface area contributed by atoms with E-state index in [-0.39, 0.29) is 0 Å². The number of anilines is 2. The Bertz CT molecular complexity index is 507. The summed E-state index contributed by atoms with van der Waals surface area (Å²) in [5.74, 6) is 2.95. The molecule has 2 rings (SSSR count). The molecule has 0 fully saturated rings. The number of aromatic nitrogens is 2. The highest BCUT2D eigenvalue weighted by Gasteiger charge is 2.04. The molecule has 0 aliphatic rings. The van der Waals surface area contributed by atoms with Gasteiger partial charge in [-0.15, -0.1) is 0 Å². The van der Waals surface area contributed by atoms with Gasteiger partial charge in [0.1, 0.15) is 23.1 Å². The lowest BCUT2D eigenvalue weighted by Gasteiger charge is -2.12. The number of hydrogen-bond donors (Lipinski definition) is 0. The van der Waals surface area contributed by atoms with Gasteiger partial charge >= 0.3 is 7.69 Å². The van der Waals surface area contributed by atoms with Crippen molar-refractivity contribution in [2.75, 3.05) is 38.0 Å². The SMILES string of the molecule is CN(C)c1ccc(O[B]Oc2ccc(N(C)C)nc2)cn1. The molecule has 0 aliphatic heterocycles. The summed E-state index contributed by atoms with van der Waals surface area (Å²) in [6.07, 6.45) is 3.28. The maximum Gasteiger partial charge on any atom is 0.658 e. The third-order valence-electron chi connectivity index (χ3n) is 2.73. The molecule has 0 spiro atoms. The van der Waals surface area contributed by atoms with E-state index in [0.29, 0.717) is 11.5 Å². The van der Waals surface area contributed by atoms with E-state index in [1.165, 1.54) is 7.69 Å². The maximum absolute atomic E-state index is 5.36. The van der Waals surface area contributed by atoms with E-state index >= 15 is 0 Å². The molecule has 0 atom stereocenters. The van der Waals surface area contributed by atoms with Gasteiger partial charge < -0.3 is 19.1 Å². The monoisotopic (exact) mass is 285 g/mol. The van der Waals surface area contributed by atoms with Gasteiger partial charge in [-0.1, -0.05) is 0 Å². The largest absolute Gasteiger partial charge is 0.658 e. The van der Waals surface area contributed by atoms with Gasteiger partial charge in [-0.3, -0.25) is 0 Å². The zero-order valence-corrected chi connectivity index (χ0v) is 12.6. The first-order valence-electron chi connectivity index (χ1n) is 6.48. The van der Waals surface area contributed by atoms with Crippen LogP contribution in [-0.4, -0.2) is 45.8 Å². The van der Waals surface area contributed by atoms with Crippen LogP contribution in [0.1, 0.15) is 0 Å². The van der Waals surface area contributed by atoms with E-state index in [1.54, 1.807) is 12.4 Å². The molecule has 21 heavy (non-hydrogen) atoms. The van der Waals surface area contributed by atoms with Crippen LogP contribution in [0.5, 0.6) is 11.5 Å². The van der Waals surface area contributed by atoms with Crippen molar-refractivity contribution >= 4 is 19.3 Å². The Kier molecular flexibility index (Phi) is 4.87. The van der Waals surface area contributed by atoms with Crippen LogP contribution < -0.4 is 19.1 Å². The summed E-state index contributed by atoms with van der Waals surface area (Å²) in [6.45, 7) is 0. The molecule has 0 unspecified atom stereocenters. The number of nitrogens with zero attached hydrogens (tertiary/aromatic N) is 4. The highest BCUT2D eigenvalue weighted by molar-refractivity contribution is 6.20.